The van der Waals surface area contributed by atoms with Gasteiger partial charge in [0.1, 0.15) is 11.9 Å². The van der Waals surface area contributed by atoms with Crippen molar-refractivity contribution in [1.29, 1.82) is 0 Å². The van der Waals surface area contributed by atoms with Gasteiger partial charge >= 0.3 is 0 Å². The average molecular weight is 515 g/mol. The fourth-order valence-electron chi connectivity index (χ4n) is 4.56. The zero-order valence-electron chi connectivity index (χ0n) is 20.4. The number of nitrogens with one attached hydrogen (secondary N) is 1. The van der Waals surface area contributed by atoms with E-state index in [4.69, 9.17) is 5.73 Å². The molecule has 11 nitrogen and oxygen atoms in total. The molecule has 5 rings (SSSR count). The maximum atomic E-state index is 12.6. The number of primary amides is 1. The lowest BCUT2D eigenvalue weighted by atomic mass is 10.1. The first-order chi connectivity index (χ1) is 18.3. The molecule has 4 amide bonds. The Hall–Kier alpha value is -4.77. The second-order valence-corrected chi connectivity index (χ2v) is 9.08. The number of aromatic nitrogens is 3. The predicted octanol–water partition coefficient (Wildman–Crippen LogP) is 2.53. The van der Waals surface area contributed by atoms with Crippen molar-refractivity contribution in [3.05, 3.63) is 84.1 Å². The highest BCUT2D eigenvalue weighted by Gasteiger charge is 2.34. The van der Waals surface area contributed by atoms with Crippen LogP contribution >= 0.6 is 0 Å². The van der Waals surface area contributed by atoms with Crippen molar-refractivity contribution >= 4 is 40.2 Å². The van der Waals surface area contributed by atoms with E-state index in [1.807, 2.05) is 29.0 Å². The lowest BCUT2D eigenvalue weighted by Crippen LogP contribution is -2.32. The third-order valence-electron chi connectivity index (χ3n) is 6.56. The van der Waals surface area contributed by atoms with Crippen molar-refractivity contribution in [2.45, 2.75) is 32.0 Å². The fourth-order valence-corrected chi connectivity index (χ4v) is 4.56. The molecule has 194 valence electrons. The Kier molecular flexibility index (Phi) is 6.75. The molecular weight excluding hydrogens is 488 g/mol. The van der Waals surface area contributed by atoms with Crippen LogP contribution in [0.3, 0.4) is 0 Å². The molecule has 0 saturated carbocycles. The Morgan fingerprint density at radius 1 is 1.03 bits per heavy atom. The van der Waals surface area contributed by atoms with Gasteiger partial charge in [0.2, 0.25) is 5.91 Å². The fraction of sp³-hybridized carbons (Fsp3) is 0.222. The average Bonchev–Trinajstić information content (AvgIpc) is 3.61. The van der Waals surface area contributed by atoms with E-state index >= 15 is 0 Å². The molecule has 0 aliphatic carbocycles. The topological polar surface area (TPSA) is 153 Å². The van der Waals surface area contributed by atoms with Gasteiger partial charge in [0.05, 0.1) is 23.0 Å². The summed E-state index contributed by atoms with van der Waals surface area (Å²) in [7, 11) is 0. The van der Waals surface area contributed by atoms with Crippen molar-refractivity contribution in [2.24, 2.45) is 5.73 Å². The van der Waals surface area contributed by atoms with Crippen LogP contribution in [0.2, 0.25) is 0 Å². The third kappa shape index (κ3) is 4.91. The summed E-state index contributed by atoms with van der Waals surface area (Å²) in [5.74, 6) is -1.73. The summed E-state index contributed by atoms with van der Waals surface area (Å²) in [5, 5.41) is 14.2. The van der Waals surface area contributed by atoms with E-state index in [0.29, 0.717) is 36.2 Å². The minimum absolute atomic E-state index is 0.00300. The largest absolute Gasteiger partial charge is 0.373 e. The number of nitrogens with two attached hydrogens (primary N) is 1. The number of imidazole rings is 1. The zero-order chi connectivity index (χ0) is 26.8. The Balaban J connectivity index is 1.16. The van der Waals surface area contributed by atoms with Gasteiger partial charge < -0.3 is 25.3 Å². The molecule has 11 heteroatoms. The van der Waals surface area contributed by atoms with Crippen LogP contribution in [0, 0.1) is 0 Å². The summed E-state index contributed by atoms with van der Waals surface area (Å²) in [5.41, 5.74) is 7.53. The van der Waals surface area contributed by atoms with Crippen LogP contribution in [-0.4, -0.2) is 54.3 Å². The molecule has 1 aliphatic heterocycles. The van der Waals surface area contributed by atoms with Gasteiger partial charge in [-0.3, -0.25) is 24.1 Å². The van der Waals surface area contributed by atoms with E-state index in [1.165, 1.54) is 17.1 Å². The smallest absolute Gasteiger partial charge is 0.268 e. The van der Waals surface area contributed by atoms with Crippen molar-refractivity contribution < 1.29 is 24.3 Å². The second kappa shape index (κ2) is 10.3. The van der Waals surface area contributed by atoms with Crippen LogP contribution in [0.1, 0.15) is 56.7 Å². The Bertz CT molecular complexity index is 1520. The van der Waals surface area contributed by atoms with Crippen molar-refractivity contribution in [3.8, 4) is 0 Å². The minimum Gasteiger partial charge on any atom is -0.373 e. The van der Waals surface area contributed by atoms with E-state index in [1.54, 1.807) is 30.3 Å². The molecule has 4 aromatic rings. The molecule has 2 aromatic heterocycles. The molecule has 4 N–H and O–H groups in total. The number of aryl methyl sites for hydroxylation is 1. The van der Waals surface area contributed by atoms with Crippen LogP contribution in [0.5, 0.6) is 0 Å². The van der Waals surface area contributed by atoms with E-state index in [-0.39, 0.29) is 36.4 Å². The molecular formula is C27H26N6O5. The number of imide groups is 1. The molecule has 1 aliphatic rings. The van der Waals surface area contributed by atoms with Gasteiger partial charge in [0, 0.05) is 37.6 Å². The quantitative estimate of drug-likeness (QED) is 0.277. The SMILES string of the molecule is NC(=O)c1cn([C@H](O)CCCn2ccc3ccc(NC(=O)CCN4C(=O)c5ccccc5C4=O)cc32)cn1. The number of hydrogen-bond acceptors (Lipinski definition) is 6. The lowest BCUT2D eigenvalue weighted by Gasteiger charge is -2.14. The monoisotopic (exact) mass is 514 g/mol. The number of amides is 4. The molecule has 1 atom stereocenters. The van der Waals surface area contributed by atoms with E-state index in [0.717, 1.165) is 15.8 Å². The first kappa shape index (κ1) is 24.9. The number of fused-ring (bicyclic) bond motifs is 2. The normalized spacial score (nSPS) is 13.7. The number of carbonyl (C=O) groups excluding carboxylic acids is 4. The van der Waals surface area contributed by atoms with E-state index in [9.17, 15) is 24.3 Å². The predicted molar refractivity (Wildman–Crippen MR) is 138 cm³/mol. The van der Waals surface area contributed by atoms with Crippen molar-refractivity contribution in [2.75, 3.05) is 11.9 Å². The number of aliphatic hydroxyl groups excluding tert-OH is 1. The Morgan fingerprint density at radius 3 is 2.45 bits per heavy atom. The summed E-state index contributed by atoms with van der Waals surface area (Å²) >= 11 is 0. The van der Waals surface area contributed by atoms with Gasteiger partial charge in [0.25, 0.3) is 17.7 Å². The van der Waals surface area contributed by atoms with Gasteiger partial charge in [-0.05, 0) is 48.6 Å². The highest BCUT2D eigenvalue weighted by Crippen LogP contribution is 2.24. The maximum absolute atomic E-state index is 12.6. The van der Waals surface area contributed by atoms with Crippen LogP contribution in [-0.2, 0) is 11.3 Å². The number of aliphatic hydroxyl groups is 1. The number of benzene rings is 2. The van der Waals surface area contributed by atoms with Gasteiger partial charge in [-0.15, -0.1) is 0 Å². The number of anilines is 1. The first-order valence-electron chi connectivity index (χ1n) is 12.2. The summed E-state index contributed by atoms with van der Waals surface area (Å²) in [6.45, 7) is 0.617. The standard InChI is InChI=1S/C27H26N6O5/c28-25(36)21-15-32(16-29-21)24(35)6-3-11-31-12-9-17-7-8-18(14-22(17)31)30-23(34)10-13-33-26(37)19-4-1-2-5-20(19)27(33)38/h1-2,4-5,7-9,12,14-16,24,35H,3,6,10-11,13H2,(H2,28,36)(H,30,34)/t24-/m1/s1. The maximum Gasteiger partial charge on any atom is 0.268 e. The van der Waals surface area contributed by atoms with Crippen LogP contribution in [0.25, 0.3) is 10.9 Å². The van der Waals surface area contributed by atoms with Crippen LogP contribution in [0.15, 0.2) is 67.3 Å². The molecule has 2 aromatic carbocycles. The molecule has 0 radical (unpaired) electrons. The molecule has 0 spiro atoms. The van der Waals surface area contributed by atoms with Crippen molar-refractivity contribution in [1.82, 2.24) is 19.0 Å². The summed E-state index contributed by atoms with van der Waals surface area (Å²) in [4.78, 5) is 53.8. The molecule has 38 heavy (non-hydrogen) atoms. The van der Waals surface area contributed by atoms with Gasteiger partial charge in [-0.25, -0.2) is 4.98 Å². The van der Waals surface area contributed by atoms with Crippen molar-refractivity contribution in [3.63, 3.8) is 0 Å². The highest BCUT2D eigenvalue weighted by atomic mass is 16.3. The Morgan fingerprint density at radius 2 is 1.76 bits per heavy atom. The number of rotatable bonds is 10. The van der Waals surface area contributed by atoms with Gasteiger partial charge in [0.15, 0.2) is 0 Å². The number of carbonyl (C=O) groups is 4. The van der Waals surface area contributed by atoms with E-state index in [2.05, 4.69) is 10.3 Å². The zero-order valence-corrected chi connectivity index (χ0v) is 20.4. The molecule has 0 unspecified atom stereocenters. The van der Waals surface area contributed by atoms with Crippen LogP contribution < -0.4 is 11.1 Å². The summed E-state index contributed by atoms with van der Waals surface area (Å²) in [6, 6.07) is 14.2. The molecule has 0 saturated heterocycles. The molecule has 0 bridgehead atoms. The number of nitrogens with zero attached hydrogens (tertiary/aromatic N) is 4. The summed E-state index contributed by atoms with van der Waals surface area (Å²) in [6.07, 6.45) is 4.95. The number of hydrogen-bond donors (Lipinski definition) is 3. The third-order valence-corrected chi connectivity index (χ3v) is 6.56. The molecule has 0 fully saturated rings. The van der Waals surface area contributed by atoms with Gasteiger partial charge in [-0.2, -0.15) is 0 Å². The lowest BCUT2D eigenvalue weighted by molar-refractivity contribution is -0.116. The van der Waals surface area contributed by atoms with E-state index < -0.39 is 12.1 Å². The highest BCUT2D eigenvalue weighted by molar-refractivity contribution is 6.21. The minimum atomic E-state index is -0.838. The summed E-state index contributed by atoms with van der Waals surface area (Å²) < 4.78 is 3.47. The van der Waals surface area contributed by atoms with Crippen LogP contribution in [0.4, 0.5) is 5.69 Å². The van der Waals surface area contributed by atoms with Gasteiger partial charge in [-0.1, -0.05) is 18.2 Å². The molecule has 3 heterocycles. The first-order valence-corrected chi connectivity index (χ1v) is 12.2. The Labute approximate surface area is 217 Å². The second-order valence-electron chi connectivity index (χ2n) is 9.08.